The van der Waals surface area contributed by atoms with E-state index in [2.05, 4.69) is 0 Å². The fourth-order valence-corrected chi connectivity index (χ4v) is 2.40. The second-order valence-electron chi connectivity index (χ2n) is 5.78. The lowest BCUT2D eigenvalue weighted by Gasteiger charge is -2.10. The van der Waals surface area contributed by atoms with Crippen molar-refractivity contribution in [1.29, 1.82) is 0 Å². The van der Waals surface area contributed by atoms with E-state index < -0.39 is 5.97 Å². The van der Waals surface area contributed by atoms with Crippen molar-refractivity contribution in [2.24, 2.45) is 0 Å². The highest BCUT2D eigenvalue weighted by Crippen LogP contribution is 2.25. The largest absolute Gasteiger partial charge is 0.497 e. The Morgan fingerprint density at radius 1 is 0.821 bits per heavy atom. The third kappa shape index (κ3) is 6.19. The molecule has 0 atom stereocenters. The molecule has 0 aliphatic rings. The summed E-state index contributed by atoms with van der Waals surface area (Å²) in [7, 11) is 4.58. The molecule has 0 unspecified atom stereocenters. The molecule has 2 rings (SSSR count). The number of methoxy groups -OCH3 is 3. The number of carbonyl (C=O) groups is 2. The van der Waals surface area contributed by atoms with Crippen molar-refractivity contribution in [3.05, 3.63) is 48.0 Å². The van der Waals surface area contributed by atoms with Crippen molar-refractivity contribution in [2.45, 2.75) is 12.8 Å². The highest BCUT2D eigenvalue weighted by molar-refractivity contribution is 6.00. The number of benzene rings is 2. The van der Waals surface area contributed by atoms with Gasteiger partial charge in [-0.05, 0) is 42.8 Å². The van der Waals surface area contributed by atoms with Crippen molar-refractivity contribution in [3.8, 4) is 23.0 Å². The zero-order chi connectivity index (χ0) is 20.4. The second kappa shape index (κ2) is 10.8. The number of ketones is 1. The Bertz CT molecular complexity index is 784. The van der Waals surface area contributed by atoms with Gasteiger partial charge in [-0.3, -0.25) is 9.59 Å². The van der Waals surface area contributed by atoms with Crippen LogP contribution in [0, 0.1) is 0 Å². The Labute approximate surface area is 164 Å². The van der Waals surface area contributed by atoms with Gasteiger partial charge in [0, 0.05) is 12.5 Å². The SMILES string of the molecule is COc1ccc(OCCCC(=O)OCC(=O)c2ccc(OC)cc2OC)cc1. The Hall–Kier alpha value is -3.22. The molecule has 0 amide bonds. The molecule has 0 spiro atoms. The Morgan fingerprint density at radius 3 is 2.11 bits per heavy atom. The maximum absolute atomic E-state index is 12.3. The van der Waals surface area contributed by atoms with Gasteiger partial charge in [0.05, 0.1) is 33.5 Å². The molecular weight excluding hydrogens is 364 g/mol. The van der Waals surface area contributed by atoms with E-state index >= 15 is 0 Å². The van der Waals surface area contributed by atoms with Crippen molar-refractivity contribution in [2.75, 3.05) is 34.5 Å². The molecule has 2 aromatic carbocycles. The summed E-state index contributed by atoms with van der Waals surface area (Å²) in [6.45, 7) is 0.0164. The minimum atomic E-state index is -0.459. The molecule has 28 heavy (non-hydrogen) atoms. The first-order chi connectivity index (χ1) is 13.6. The smallest absolute Gasteiger partial charge is 0.306 e. The molecule has 0 N–H and O–H groups in total. The topological polar surface area (TPSA) is 80.3 Å². The van der Waals surface area contributed by atoms with Gasteiger partial charge < -0.3 is 23.7 Å². The molecule has 0 radical (unpaired) electrons. The molecule has 2 aromatic rings. The summed E-state index contributed by atoms with van der Waals surface area (Å²) in [4.78, 5) is 24.1. The summed E-state index contributed by atoms with van der Waals surface area (Å²) in [6.07, 6.45) is 0.633. The van der Waals surface area contributed by atoms with Gasteiger partial charge >= 0.3 is 5.97 Å². The van der Waals surface area contributed by atoms with E-state index in [1.165, 1.54) is 14.2 Å². The lowest BCUT2D eigenvalue weighted by molar-refractivity contribution is -0.142. The van der Waals surface area contributed by atoms with Gasteiger partial charge in [-0.15, -0.1) is 0 Å². The molecule has 150 valence electrons. The molecule has 0 aliphatic heterocycles. The van der Waals surface area contributed by atoms with E-state index in [9.17, 15) is 9.59 Å². The second-order valence-corrected chi connectivity index (χ2v) is 5.78. The van der Waals surface area contributed by atoms with Gasteiger partial charge in [0.1, 0.15) is 23.0 Å². The summed E-state index contributed by atoms with van der Waals surface area (Å²) < 4.78 is 25.9. The quantitative estimate of drug-likeness (QED) is 0.332. The minimum Gasteiger partial charge on any atom is -0.497 e. The van der Waals surface area contributed by atoms with Crippen molar-refractivity contribution in [3.63, 3.8) is 0 Å². The summed E-state index contributed by atoms with van der Waals surface area (Å²) in [5.41, 5.74) is 0.332. The van der Waals surface area contributed by atoms with Crippen LogP contribution in [0.5, 0.6) is 23.0 Å². The first-order valence-electron chi connectivity index (χ1n) is 8.75. The van der Waals surface area contributed by atoms with E-state index in [4.69, 9.17) is 23.7 Å². The highest BCUT2D eigenvalue weighted by atomic mass is 16.5. The summed E-state index contributed by atoms with van der Waals surface area (Å²) >= 11 is 0. The van der Waals surface area contributed by atoms with Crippen LogP contribution in [-0.4, -0.2) is 46.3 Å². The minimum absolute atomic E-state index is 0.156. The lowest BCUT2D eigenvalue weighted by Crippen LogP contribution is -2.15. The zero-order valence-corrected chi connectivity index (χ0v) is 16.2. The molecule has 0 fully saturated rings. The summed E-state index contributed by atoms with van der Waals surface area (Å²) in [6, 6.07) is 12.0. The van der Waals surface area contributed by atoms with Gasteiger partial charge in [0.25, 0.3) is 0 Å². The van der Waals surface area contributed by atoms with Gasteiger partial charge in [0.2, 0.25) is 5.78 Å². The third-order valence-corrected chi connectivity index (χ3v) is 3.93. The van der Waals surface area contributed by atoms with Gasteiger partial charge in [0.15, 0.2) is 6.61 Å². The monoisotopic (exact) mass is 388 g/mol. The van der Waals surface area contributed by atoms with Crippen LogP contribution in [0.1, 0.15) is 23.2 Å². The Morgan fingerprint density at radius 2 is 1.46 bits per heavy atom. The summed E-state index contributed by atoms with van der Waals surface area (Å²) in [5.74, 6) is 1.57. The number of esters is 1. The van der Waals surface area contributed by atoms with E-state index in [1.54, 1.807) is 49.6 Å². The average molecular weight is 388 g/mol. The number of Topliss-reactive ketones (excluding diaryl/α,β-unsaturated/α-hetero) is 1. The average Bonchev–Trinajstić information content (AvgIpc) is 2.74. The van der Waals surface area contributed by atoms with Crippen LogP contribution in [0.3, 0.4) is 0 Å². The lowest BCUT2D eigenvalue weighted by atomic mass is 10.1. The molecule has 0 aliphatic carbocycles. The van der Waals surface area contributed by atoms with Gasteiger partial charge in [-0.1, -0.05) is 0 Å². The predicted octanol–water partition coefficient (Wildman–Crippen LogP) is 3.30. The maximum Gasteiger partial charge on any atom is 0.306 e. The zero-order valence-electron chi connectivity index (χ0n) is 16.2. The van der Waals surface area contributed by atoms with Crippen LogP contribution >= 0.6 is 0 Å². The number of ether oxygens (including phenoxy) is 5. The molecule has 0 saturated heterocycles. The van der Waals surface area contributed by atoms with Crippen molar-refractivity contribution in [1.82, 2.24) is 0 Å². The Balaban J connectivity index is 1.72. The van der Waals surface area contributed by atoms with Crippen LogP contribution in [0.2, 0.25) is 0 Å². The molecule has 7 heteroatoms. The van der Waals surface area contributed by atoms with Crippen LogP contribution in [0.25, 0.3) is 0 Å². The van der Waals surface area contributed by atoms with Crippen LogP contribution < -0.4 is 18.9 Å². The molecule has 0 aromatic heterocycles. The van der Waals surface area contributed by atoms with Crippen LogP contribution in [0.15, 0.2) is 42.5 Å². The van der Waals surface area contributed by atoms with E-state index in [0.29, 0.717) is 35.8 Å². The first kappa shape index (κ1) is 21.1. The fourth-order valence-electron chi connectivity index (χ4n) is 2.40. The standard InChI is InChI=1S/C21H24O7/c1-24-15-6-8-16(9-7-15)27-12-4-5-21(23)28-14-19(22)18-11-10-17(25-2)13-20(18)26-3/h6-11,13H,4-5,12,14H2,1-3H3. The molecular formula is C21H24O7. The van der Waals surface area contributed by atoms with Crippen LogP contribution in [-0.2, 0) is 9.53 Å². The number of carbonyl (C=O) groups excluding carboxylic acids is 2. The number of hydrogen-bond acceptors (Lipinski definition) is 7. The highest BCUT2D eigenvalue weighted by Gasteiger charge is 2.15. The molecule has 7 nitrogen and oxygen atoms in total. The maximum atomic E-state index is 12.3. The van der Waals surface area contributed by atoms with Crippen LogP contribution in [0.4, 0.5) is 0 Å². The number of rotatable bonds is 11. The molecule has 0 heterocycles. The summed E-state index contributed by atoms with van der Waals surface area (Å²) in [5, 5.41) is 0. The van der Waals surface area contributed by atoms with Gasteiger partial charge in [-0.25, -0.2) is 0 Å². The number of hydrogen-bond donors (Lipinski definition) is 0. The molecule has 0 bridgehead atoms. The Kier molecular flexibility index (Phi) is 8.14. The van der Waals surface area contributed by atoms with Crippen molar-refractivity contribution >= 4 is 11.8 Å². The van der Waals surface area contributed by atoms with E-state index in [-0.39, 0.29) is 18.8 Å². The van der Waals surface area contributed by atoms with E-state index in [0.717, 1.165) is 5.75 Å². The van der Waals surface area contributed by atoms with Crippen molar-refractivity contribution < 1.29 is 33.3 Å². The van der Waals surface area contributed by atoms with Gasteiger partial charge in [-0.2, -0.15) is 0 Å². The predicted molar refractivity (Wildman–Crippen MR) is 103 cm³/mol. The first-order valence-corrected chi connectivity index (χ1v) is 8.75. The van der Waals surface area contributed by atoms with E-state index in [1.807, 2.05) is 0 Å². The normalized spacial score (nSPS) is 10.1. The fraction of sp³-hybridized carbons (Fsp3) is 0.333. The molecule has 0 saturated carbocycles. The third-order valence-electron chi connectivity index (χ3n) is 3.93.